The van der Waals surface area contributed by atoms with Crippen molar-refractivity contribution >= 4 is 16.9 Å². The summed E-state index contributed by atoms with van der Waals surface area (Å²) in [6, 6.07) is 0. The first-order valence-corrected chi connectivity index (χ1v) is 4.51. The van der Waals surface area contributed by atoms with E-state index in [1.807, 2.05) is 0 Å². The molecular formula is C10HF6NO2. The van der Waals surface area contributed by atoms with E-state index in [1.165, 1.54) is 0 Å². The molecule has 0 aliphatic heterocycles. The fraction of sp³-hybridized carbons (Fsp3) is 0. The number of aromatic nitrogens is 1. The number of hydrogen-bond acceptors (Lipinski definition) is 2. The Balaban J connectivity index is 3.10. The molecule has 100 valence electrons. The van der Waals surface area contributed by atoms with E-state index < -0.39 is 57.5 Å². The minimum atomic E-state index is -2.35. The number of halogens is 6. The fourth-order valence-corrected chi connectivity index (χ4v) is 1.44. The van der Waals surface area contributed by atoms with E-state index in [0.29, 0.717) is 0 Å². The third kappa shape index (κ3) is 1.69. The number of pyridine rings is 1. The van der Waals surface area contributed by atoms with Gasteiger partial charge in [0.1, 0.15) is 5.52 Å². The van der Waals surface area contributed by atoms with Gasteiger partial charge in [0.25, 0.3) is 0 Å². The smallest absolute Gasteiger partial charge is 0.357 e. The van der Waals surface area contributed by atoms with Crippen molar-refractivity contribution in [1.29, 1.82) is 0 Å². The van der Waals surface area contributed by atoms with E-state index in [9.17, 15) is 31.1 Å². The van der Waals surface area contributed by atoms with E-state index in [1.54, 1.807) is 0 Å². The average Bonchev–Trinajstić information content (AvgIpc) is 2.36. The summed E-state index contributed by atoms with van der Waals surface area (Å²) in [6.45, 7) is 0. The Morgan fingerprint density at radius 3 is 1.79 bits per heavy atom. The summed E-state index contributed by atoms with van der Waals surface area (Å²) >= 11 is 0. The molecular weight excluding hydrogens is 280 g/mol. The number of fused-ring (bicyclic) bond motifs is 1. The molecule has 2 aromatic rings. The number of carboxylic acids is 1. The van der Waals surface area contributed by atoms with Gasteiger partial charge in [0.05, 0.1) is 5.39 Å². The van der Waals surface area contributed by atoms with Crippen molar-refractivity contribution in [2.24, 2.45) is 0 Å². The van der Waals surface area contributed by atoms with E-state index in [0.717, 1.165) is 0 Å². The SMILES string of the molecule is O=C(O)c1nc2c(F)c(F)c(F)c(F)c2c(F)c1F. The van der Waals surface area contributed by atoms with Crippen molar-refractivity contribution in [1.82, 2.24) is 4.98 Å². The number of nitrogens with zero attached hydrogens (tertiary/aromatic N) is 1. The second kappa shape index (κ2) is 4.11. The lowest BCUT2D eigenvalue weighted by molar-refractivity contribution is 0.0684. The van der Waals surface area contributed by atoms with Crippen LogP contribution in [0.3, 0.4) is 0 Å². The number of carboxylic acid groups (broad SMARTS) is 1. The molecule has 0 aliphatic rings. The molecule has 3 nitrogen and oxygen atoms in total. The molecule has 0 radical (unpaired) electrons. The molecule has 0 aliphatic carbocycles. The maximum absolute atomic E-state index is 13.4. The quantitative estimate of drug-likeness (QED) is 0.497. The zero-order valence-corrected chi connectivity index (χ0v) is 8.57. The highest BCUT2D eigenvalue weighted by Crippen LogP contribution is 2.29. The van der Waals surface area contributed by atoms with Crippen LogP contribution in [0.1, 0.15) is 10.5 Å². The Morgan fingerprint density at radius 1 is 0.789 bits per heavy atom. The Kier molecular flexibility index (Phi) is 2.84. The lowest BCUT2D eigenvalue weighted by atomic mass is 10.1. The second-order valence-electron chi connectivity index (χ2n) is 3.37. The van der Waals surface area contributed by atoms with E-state index >= 15 is 0 Å². The van der Waals surface area contributed by atoms with Crippen LogP contribution in [0.5, 0.6) is 0 Å². The zero-order valence-electron chi connectivity index (χ0n) is 8.57. The summed E-state index contributed by atoms with van der Waals surface area (Å²) in [5, 5.41) is 6.88. The maximum atomic E-state index is 13.4. The molecule has 0 fully saturated rings. The number of rotatable bonds is 1. The van der Waals surface area contributed by atoms with Crippen LogP contribution in [-0.2, 0) is 0 Å². The molecule has 0 amide bonds. The molecule has 0 saturated heterocycles. The van der Waals surface area contributed by atoms with Crippen LogP contribution in [-0.4, -0.2) is 16.1 Å². The monoisotopic (exact) mass is 281 g/mol. The van der Waals surface area contributed by atoms with E-state index in [4.69, 9.17) is 5.11 Å². The van der Waals surface area contributed by atoms with Gasteiger partial charge in [-0.05, 0) is 0 Å². The largest absolute Gasteiger partial charge is 0.476 e. The highest BCUT2D eigenvalue weighted by Gasteiger charge is 2.29. The summed E-state index contributed by atoms with van der Waals surface area (Å²) in [6.07, 6.45) is 0. The van der Waals surface area contributed by atoms with Gasteiger partial charge in [-0.1, -0.05) is 0 Å². The minimum absolute atomic E-state index is 1.45. The molecule has 9 heteroatoms. The average molecular weight is 281 g/mol. The number of carbonyl (C=O) groups is 1. The van der Waals surface area contributed by atoms with Crippen molar-refractivity contribution in [2.75, 3.05) is 0 Å². The Labute approximate surface area is 99.6 Å². The normalized spacial score (nSPS) is 11.1. The van der Waals surface area contributed by atoms with Crippen molar-refractivity contribution < 1.29 is 36.2 Å². The molecule has 0 spiro atoms. The third-order valence-corrected chi connectivity index (χ3v) is 2.29. The minimum Gasteiger partial charge on any atom is -0.476 e. The van der Waals surface area contributed by atoms with E-state index in [-0.39, 0.29) is 0 Å². The molecule has 1 N–H and O–H groups in total. The summed E-state index contributed by atoms with van der Waals surface area (Å²) in [5.41, 5.74) is -3.03. The lowest BCUT2D eigenvalue weighted by Crippen LogP contribution is -2.11. The summed E-state index contributed by atoms with van der Waals surface area (Å²) in [5.74, 6) is -15.3. The van der Waals surface area contributed by atoms with Crippen molar-refractivity contribution in [3.8, 4) is 0 Å². The number of benzene rings is 1. The Morgan fingerprint density at radius 2 is 1.26 bits per heavy atom. The maximum Gasteiger partial charge on any atom is 0.357 e. The molecule has 0 bridgehead atoms. The molecule has 0 unspecified atom stereocenters. The van der Waals surface area contributed by atoms with E-state index in [2.05, 4.69) is 4.98 Å². The van der Waals surface area contributed by atoms with Crippen LogP contribution in [0.4, 0.5) is 26.3 Å². The first-order valence-electron chi connectivity index (χ1n) is 4.51. The van der Waals surface area contributed by atoms with Gasteiger partial charge < -0.3 is 5.11 Å². The molecule has 19 heavy (non-hydrogen) atoms. The second-order valence-corrected chi connectivity index (χ2v) is 3.37. The van der Waals surface area contributed by atoms with Gasteiger partial charge in [-0.3, -0.25) is 0 Å². The topological polar surface area (TPSA) is 50.2 Å². The van der Waals surface area contributed by atoms with Crippen LogP contribution in [0, 0.1) is 34.9 Å². The molecule has 1 aromatic heterocycles. The van der Waals surface area contributed by atoms with Crippen molar-refractivity contribution in [3.63, 3.8) is 0 Å². The van der Waals surface area contributed by atoms with Crippen molar-refractivity contribution in [2.45, 2.75) is 0 Å². The third-order valence-electron chi connectivity index (χ3n) is 2.29. The summed E-state index contributed by atoms with van der Waals surface area (Å²) in [4.78, 5) is 13.3. The van der Waals surface area contributed by atoms with Crippen LogP contribution >= 0.6 is 0 Å². The molecule has 0 saturated carbocycles. The summed E-state index contributed by atoms with van der Waals surface area (Å²) in [7, 11) is 0. The van der Waals surface area contributed by atoms with Gasteiger partial charge in [-0.2, -0.15) is 0 Å². The van der Waals surface area contributed by atoms with Gasteiger partial charge in [0.15, 0.2) is 40.6 Å². The predicted octanol–water partition coefficient (Wildman–Crippen LogP) is 2.77. The molecule has 1 heterocycles. The van der Waals surface area contributed by atoms with Crippen LogP contribution in [0.2, 0.25) is 0 Å². The van der Waals surface area contributed by atoms with Crippen LogP contribution in [0.15, 0.2) is 0 Å². The molecule has 0 atom stereocenters. The number of hydrogen-bond donors (Lipinski definition) is 1. The fourth-order valence-electron chi connectivity index (χ4n) is 1.44. The van der Waals surface area contributed by atoms with Gasteiger partial charge in [0, 0.05) is 0 Å². The van der Waals surface area contributed by atoms with Gasteiger partial charge in [0.2, 0.25) is 0 Å². The predicted molar refractivity (Wildman–Crippen MR) is 48.5 cm³/mol. The van der Waals surface area contributed by atoms with Crippen LogP contribution < -0.4 is 0 Å². The molecule has 1 aromatic carbocycles. The highest BCUT2D eigenvalue weighted by atomic mass is 19.2. The first kappa shape index (κ1) is 13.1. The summed E-state index contributed by atoms with van der Waals surface area (Å²) < 4.78 is 78.9. The van der Waals surface area contributed by atoms with Crippen LogP contribution in [0.25, 0.3) is 10.9 Å². The Bertz CT molecular complexity index is 730. The van der Waals surface area contributed by atoms with Gasteiger partial charge >= 0.3 is 5.97 Å². The molecule has 2 rings (SSSR count). The standard InChI is InChI=1S/C10HF6NO2/c11-2-1-3(12)6(15)9(10(18)19)17-8(1)7(16)5(14)4(2)13/h(H,18,19). The highest BCUT2D eigenvalue weighted by molar-refractivity contribution is 5.91. The van der Waals surface area contributed by atoms with Gasteiger partial charge in [-0.15, -0.1) is 0 Å². The Hall–Kier alpha value is -2.32. The van der Waals surface area contributed by atoms with Crippen molar-refractivity contribution in [3.05, 3.63) is 40.6 Å². The zero-order chi connectivity index (χ0) is 14.5. The number of aromatic carboxylic acids is 1. The lowest BCUT2D eigenvalue weighted by Gasteiger charge is -2.07. The first-order chi connectivity index (χ1) is 8.77. The van der Waals surface area contributed by atoms with Gasteiger partial charge in [-0.25, -0.2) is 36.1 Å².